The molecule has 0 heterocycles. The largest absolute Gasteiger partial charge is 0.192 e. The Morgan fingerprint density at radius 1 is 1.42 bits per heavy atom. The van der Waals surface area contributed by atoms with Gasteiger partial charge in [-0.2, -0.15) is 5.26 Å². The predicted molar refractivity (Wildman–Crippen MR) is 56.1 cm³/mol. The van der Waals surface area contributed by atoms with Gasteiger partial charge >= 0.3 is 0 Å². The van der Waals surface area contributed by atoms with Crippen LogP contribution in [0.3, 0.4) is 0 Å². The van der Waals surface area contributed by atoms with Crippen molar-refractivity contribution in [1.29, 1.82) is 5.26 Å². The van der Waals surface area contributed by atoms with E-state index in [0.717, 1.165) is 14.5 Å². The highest BCUT2D eigenvalue weighted by Crippen LogP contribution is 2.28. The molecule has 0 aliphatic carbocycles. The number of hydrogen-bond donors (Lipinski definition) is 0. The molecular formula is C8H4Br2ClN. The van der Waals surface area contributed by atoms with Gasteiger partial charge in [-0.3, -0.25) is 0 Å². The van der Waals surface area contributed by atoms with Crippen LogP contribution in [-0.2, 0) is 5.88 Å². The highest BCUT2D eigenvalue weighted by atomic mass is 79.9. The molecule has 0 unspecified atom stereocenters. The van der Waals surface area contributed by atoms with Crippen LogP contribution in [-0.4, -0.2) is 0 Å². The minimum absolute atomic E-state index is 0.417. The highest BCUT2D eigenvalue weighted by molar-refractivity contribution is 9.13. The molecule has 0 N–H and O–H groups in total. The third kappa shape index (κ3) is 2.01. The second-order valence-electron chi connectivity index (χ2n) is 2.18. The molecule has 62 valence electrons. The van der Waals surface area contributed by atoms with E-state index in [9.17, 15) is 0 Å². The van der Waals surface area contributed by atoms with E-state index in [1.807, 2.05) is 6.07 Å². The second-order valence-corrected chi connectivity index (χ2v) is 4.10. The zero-order chi connectivity index (χ0) is 9.14. The molecule has 0 amide bonds. The van der Waals surface area contributed by atoms with E-state index in [4.69, 9.17) is 16.9 Å². The van der Waals surface area contributed by atoms with E-state index >= 15 is 0 Å². The lowest BCUT2D eigenvalue weighted by molar-refractivity contribution is 1.34. The van der Waals surface area contributed by atoms with Crippen LogP contribution in [0, 0.1) is 11.3 Å². The van der Waals surface area contributed by atoms with E-state index in [1.165, 1.54) is 0 Å². The fourth-order valence-corrected chi connectivity index (χ4v) is 1.78. The molecular weight excluding hydrogens is 305 g/mol. The summed E-state index contributed by atoms with van der Waals surface area (Å²) in [6.45, 7) is 0. The Bertz CT molecular complexity index is 344. The van der Waals surface area contributed by atoms with Crippen molar-refractivity contribution in [3.05, 3.63) is 32.2 Å². The van der Waals surface area contributed by atoms with Gasteiger partial charge in [-0.05, 0) is 49.6 Å². The van der Waals surface area contributed by atoms with Gasteiger partial charge in [-0.25, -0.2) is 0 Å². The van der Waals surface area contributed by atoms with Crippen LogP contribution in [0.1, 0.15) is 11.1 Å². The first kappa shape index (κ1) is 10.0. The summed E-state index contributed by atoms with van der Waals surface area (Å²) < 4.78 is 1.64. The van der Waals surface area contributed by atoms with Gasteiger partial charge in [-0.1, -0.05) is 0 Å². The zero-order valence-electron chi connectivity index (χ0n) is 5.94. The van der Waals surface area contributed by atoms with Gasteiger partial charge in [0.15, 0.2) is 0 Å². The molecule has 0 fully saturated rings. The molecule has 4 heteroatoms. The summed E-state index contributed by atoms with van der Waals surface area (Å²) in [6.07, 6.45) is 0. The Labute approximate surface area is 92.6 Å². The third-order valence-corrected chi connectivity index (χ3v) is 3.68. The van der Waals surface area contributed by atoms with Gasteiger partial charge in [0.05, 0.1) is 5.56 Å². The van der Waals surface area contributed by atoms with E-state index in [-0.39, 0.29) is 0 Å². The Morgan fingerprint density at radius 2 is 2.08 bits per heavy atom. The normalized spacial score (nSPS) is 9.50. The first-order valence-electron chi connectivity index (χ1n) is 3.13. The molecule has 0 aliphatic rings. The molecule has 0 saturated carbocycles. The summed E-state index contributed by atoms with van der Waals surface area (Å²) in [7, 11) is 0. The summed E-state index contributed by atoms with van der Waals surface area (Å²) in [4.78, 5) is 0. The van der Waals surface area contributed by atoms with Crippen LogP contribution in [0.5, 0.6) is 0 Å². The van der Waals surface area contributed by atoms with Crippen LogP contribution in [0.25, 0.3) is 0 Å². The Kier molecular flexibility index (Phi) is 3.57. The van der Waals surface area contributed by atoms with Crippen molar-refractivity contribution < 1.29 is 0 Å². The van der Waals surface area contributed by atoms with Crippen molar-refractivity contribution in [3.63, 3.8) is 0 Å². The van der Waals surface area contributed by atoms with Gasteiger partial charge in [0.25, 0.3) is 0 Å². The number of rotatable bonds is 1. The lowest BCUT2D eigenvalue weighted by atomic mass is 10.2. The molecule has 12 heavy (non-hydrogen) atoms. The van der Waals surface area contributed by atoms with Crippen LogP contribution < -0.4 is 0 Å². The number of nitrogens with zero attached hydrogens (tertiary/aromatic N) is 1. The topological polar surface area (TPSA) is 23.8 Å². The predicted octanol–water partition coefficient (Wildman–Crippen LogP) is 3.82. The Hall–Kier alpha value is -0.0400. The highest BCUT2D eigenvalue weighted by Gasteiger charge is 2.05. The van der Waals surface area contributed by atoms with Crippen molar-refractivity contribution in [2.45, 2.75) is 5.88 Å². The average molecular weight is 309 g/mol. The zero-order valence-corrected chi connectivity index (χ0v) is 9.87. The molecule has 1 aromatic rings. The monoisotopic (exact) mass is 307 g/mol. The number of hydrogen-bond acceptors (Lipinski definition) is 1. The lowest BCUT2D eigenvalue weighted by Crippen LogP contribution is -1.84. The first-order chi connectivity index (χ1) is 5.69. The quantitative estimate of drug-likeness (QED) is 0.723. The summed E-state index contributed by atoms with van der Waals surface area (Å²) in [5, 5.41) is 8.72. The molecule has 0 aliphatic heterocycles. The standard InChI is InChI=1S/C8H4Br2ClN/c9-7-2-5(3-11)1-6(4-12)8(7)10/h1-2H,3H2. The van der Waals surface area contributed by atoms with E-state index in [0.29, 0.717) is 11.4 Å². The van der Waals surface area contributed by atoms with Gasteiger partial charge in [0.1, 0.15) is 6.07 Å². The molecule has 0 atom stereocenters. The molecule has 1 rings (SSSR count). The van der Waals surface area contributed by atoms with Crippen molar-refractivity contribution in [2.24, 2.45) is 0 Å². The number of benzene rings is 1. The van der Waals surface area contributed by atoms with Gasteiger partial charge < -0.3 is 0 Å². The minimum atomic E-state index is 0.417. The van der Waals surface area contributed by atoms with E-state index in [1.54, 1.807) is 6.07 Å². The number of nitriles is 1. The molecule has 0 radical (unpaired) electrons. The Balaban J connectivity index is 3.31. The van der Waals surface area contributed by atoms with Crippen molar-refractivity contribution in [3.8, 4) is 6.07 Å². The molecule has 0 spiro atoms. The average Bonchev–Trinajstić information content (AvgIpc) is 2.09. The van der Waals surface area contributed by atoms with Crippen LogP contribution >= 0.6 is 43.5 Å². The number of halogens is 3. The maximum absolute atomic E-state index is 8.72. The molecule has 0 bridgehead atoms. The molecule has 0 aromatic heterocycles. The SMILES string of the molecule is N#Cc1cc(CCl)cc(Br)c1Br. The van der Waals surface area contributed by atoms with Crippen LogP contribution in [0.2, 0.25) is 0 Å². The van der Waals surface area contributed by atoms with Gasteiger partial charge in [0.2, 0.25) is 0 Å². The van der Waals surface area contributed by atoms with Crippen LogP contribution in [0.4, 0.5) is 0 Å². The molecule has 0 saturated heterocycles. The van der Waals surface area contributed by atoms with Crippen molar-refractivity contribution >= 4 is 43.5 Å². The fourth-order valence-electron chi connectivity index (χ4n) is 0.804. The summed E-state index contributed by atoms with van der Waals surface area (Å²) in [6, 6.07) is 5.73. The first-order valence-corrected chi connectivity index (χ1v) is 5.25. The summed E-state index contributed by atoms with van der Waals surface area (Å²) in [5.74, 6) is 0.417. The van der Waals surface area contributed by atoms with Gasteiger partial charge in [0, 0.05) is 14.8 Å². The van der Waals surface area contributed by atoms with E-state index < -0.39 is 0 Å². The third-order valence-electron chi connectivity index (χ3n) is 1.36. The fraction of sp³-hybridized carbons (Fsp3) is 0.125. The Morgan fingerprint density at radius 3 is 2.58 bits per heavy atom. The maximum Gasteiger partial charge on any atom is 0.100 e. The van der Waals surface area contributed by atoms with Gasteiger partial charge in [-0.15, -0.1) is 11.6 Å². The second kappa shape index (κ2) is 4.27. The van der Waals surface area contributed by atoms with Crippen LogP contribution in [0.15, 0.2) is 21.1 Å². The van der Waals surface area contributed by atoms with E-state index in [2.05, 4.69) is 37.9 Å². The van der Waals surface area contributed by atoms with Crippen molar-refractivity contribution in [2.75, 3.05) is 0 Å². The summed E-state index contributed by atoms with van der Waals surface area (Å²) in [5.41, 5.74) is 1.53. The summed E-state index contributed by atoms with van der Waals surface area (Å²) >= 11 is 12.2. The lowest BCUT2D eigenvalue weighted by Gasteiger charge is -2.01. The smallest absolute Gasteiger partial charge is 0.100 e. The minimum Gasteiger partial charge on any atom is -0.192 e. The molecule has 1 aromatic carbocycles. The van der Waals surface area contributed by atoms with Crippen molar-refractivity contribution in [1.82, 2.24) is 0 Å². The molecule has 1 nitrogen and oxygen atoms in total. The maximum atomic E-state index is 8.72. The number of alkyl halides is 1.